The fraction of sp³-hybridized carbons (Fsp3) is 0.321. The van der Waals surface area contributed by atoms with E-state index in [9.17, 15) is 14.9 Å². The summed E-state index contributed by atoms with van der Waals surface area (Å²) in [6, 6.07) is 22.3. The van der Waals surface area contributed by atoms with Crippen LogP contribution in [0.2, 0.25) is 0 Å². The van der Waals surface area contributed by atoms with Crippen molar-refractivity contribution in [2.45, 2.75) is 13.1 Å². The highest BCUT2D eigenvalue weighted by Crippen LogP contribution is 2.16. The van der Waals surface area contributed by atoms with Crippen molar-refractivity contribution in [1.29, 1.82) is 5.26 Å². The minimum absolute atomic E-state index is 0.0493. The van der Waals surface area contributed by atoms with Gasteiger partial charge in [-0.1, -0.05) is 42.5 Å². The Morgan fingerprint density at radius 2 is 1.81 bits per heavy atom. The van der Waals surface area contributed by atoms with Gasteiger partial charge in [0.25, 0.3) is 0 Å². The van der Waals surface area contributed by atoms with Crippen molar-refractivity contribution in [2.24, 2.45) is 0 Å². The van der Waals surface area contributed by atoms with Gasteiger partial charge in [-0.15, -0.1) is 11.3 Å². The Balaban J connectivity index is 1.49. The van der Waals surface area contributed by atoms with Gasteiger partial charge in [0.2, 0.25) is 5.91 Å². The topological polar surface area (TPSA) is 88.9 Å². The molecule has 0 spiro atoms. The third kappa shape index (κ3) is 8.15. The van der Waals surface area contributed by atoms with Crippen molar-refractivity contribution in [2.75, 3.05) is 51.3 Å². The summed E-state index contributed by atoms with van der Waals surface area (Å²) >= 11 is 1.61. The third-order valence-corrected chi connectivity index (χ3v) is 7.00. The largest absolute Gasteiger partial charge is 0.379 e. The molecule has 0 aliphatic carbocycles. The van der Waals surface area contributed by atoms with Crippen LogP contribution in [0.1, 0.15) is 16.0 Å². The van der Waals surface area contributed by atoms with E-state index in [2.05, 4.69) is 16.3 Å². The van der Waals surface area contributed by atoms with Gasteiger partial charge in [0.1, 0.15) is 6.54 Å². The van der Waals surface area contributed by atoms with Gasteiger partial charge in [0, 0.05) is 43.3 Å². The molecule has 1 N–H and O–H groups in total. The first-order valence-corrected chi connectivity index (χ1v) is 13.2. The number of nitrogens with one attached hydrogen (secondary N) is 1. The monoisotopic (exact) mass is 517 g/mol. The van der Waals surface area contributed by atoms with Crippen LogP contribution in [0, 0.1) is 11.3 Å². The molecule has 3 aromatic rings. The summed E-state index contributed by atoms with van der Waals surface area (Å²) in [6.07, 6.45) is 0. The summed E-state index contributed by atoms with van der Waals surface area (Å²) in [6.45, 7) is 4.86. The van der Waals surface area contributed by atoms with Crippen LogP contribution in [0.4, 0.5) is 10.5 Å². The summed E-state index contributed by atoms with van der Waals surface area (Å²) < 4.78 is 5.44. The van der Waals surface area contributed by atoms with E-state index in [-0.39, 0.29) is 18.5 Å². The van der Waals surface area contributed by atoms with Crippen molar-refractivity contribution in [3.8, 4) is 6.07 Å². The second-order valence-electron chi connectivity index (χ2n) is 8.81. The maximum absolute atomic E-state index is 13.6. The van der Waals surface area contributed by atoms with Crippen LogP contribution in [0.3, 0.4) is 0 Å². The number of amides is 3. The Labute approximate surface area is 221 Å². The second kappa shape index (κ2) is 13.6. The van der Waals surface area contributed by atoms with E-state index in [0.29, 0.717) is 50.6 Å². The molecule has 37 heavy (non-hydrogen) atoms. The minimum atomic E-state index is -0.368. The summed E-state index contributed by atoms with van der Waals surface area (Å²) in [5.74, 6) is -0.125. The van der Waals surface area contributed by atoms with E-state index in [1.165, 1.54) is 0 Å². The highest BCUT2D eigenvalue weighted by Gasteiger charge is 2.23. The first-order chi connectivity index (χ1) is 18.1. The number of nitrogens with zero attached hydrogens (tertiary/aromatic N) is 4. The Morgan fingerprint density at radius 3 is 2.54 bits per heavy atom. The summed E-state index contributed by atoms with van der Waals surface area (Å²) in [4.78, 5) is 33.6. The lowest BCUT2D eigenvalue weighted by molar-refractivity contribution is -0.133. The molecule has 1 fully saturated rings. The molecule has 0 saturated carbocycles. The number of rotatable bonds is 10. The van der Waals surface area contributed by atoms with Crippen molar-refractivity contribution in [3.63, 3.8) is 0 Å². The number of carbonyl (C=O) groups is 2. The summed E-state index contributed by atoms with van der Waals surface area (Å²) in [5.41, 5.74) is 2.01. The molecule has 0 bridgehead atoms. The van der Waals surface area contributed by atoms with Crippen molar-refractivity contribution in [1.82, 2.24) is 14.7 Å². The minimum Gasteiger partial charge on any atom is -0.379 e. The number of carbonyl (C=O) groups excluding carboxylic acids is 2. The van der Waals surface area contributed by atoms with E-state index >= 15 is 0 Å². The fourth-order valence-electron chi connectivity index (χ4n) is 4.10. The molecule has 1 saturated heterocycles. The van der Waals surface area contributed by atoms with Crippen molar-refractivity contribution >= 4 is 29.0 Å². The van der Waals surface area contributed by atoms with Crippen LogP contribution in [0.5, 0.6) is 0 Å². The molecule has 192 valence electrons. The van der Waals surface area contributed by atoms with Crippen molar-refractivity contribution < 1.29 is 14.3 Å². The quantitative estimate of drug-likeness (QED) is 0.439. The van der Waals surface area contributed by atoms with Gasteiger partial charge in [0.05, 0.1) is 31.4 Å². The maximum Gasteiger partial charge on any atom is 0.322 e. The van der Waals surface area contributed by atoms with E-state index in [4.69, 9.17) is 4.74 Å². The van der Waals surface area contributed by atoms with E-state index in [1.807, 2.05) is 47.8 Å². The summed E-state index contributed by atoms with van der Waals surface area (Å²) in [5, 5.41) is 14.1. The highest BCUT2D eigenvalue weighted by molar-refractivity contribution is 7.09. The molecule has 0 radical (unpaired) electrons. The van der Waals surface area contributed by atoms with Gasteiger partial charge >= 0.3 is 6.03 Å². The first-order valence-electron chi connectivity index (χ1n) is 12.3. The number of nitriles is 1. The molecule has 2 heterocycles. The zero-order chi connectivity index (χ0) is 25.9. The van der Waals surface area contributed by atoms with Gasteiger partial charge in [-0.05, 0) is 35.2 Å². The average Bonchev–Trinajstić information content (AvgIpc) is 3.45. The average molecular weight is 518 g/mol. The van der Waals surface area contributed by atoms with Crippen LogP contribution in [0.25, 0.3) is 0 Å². The van der Waals surface area contributed by atoms with Gasteiger partial charge in [0.15, 0.2) is 0 Å². The number of anilines is 1. The van der Waals surface area contributed by atoms with E-state index < -0.39 is 0 Å². The molecule has 0 unspecified atom stereocenters. The Bertz CT molecular complexity index is 1190. The van der Waals surface area contributed by atoms with Crippen LogP contribution in [-0.4, -0.2) is 72.6 Å². The van der Waals surface area contributed by atoms with E-state index in [1.54, 1.807) is 45.4 Å². The van der Waals surface area contributed by atoms with Crippen LogP contribution < -0.4 is 5.32 Å². The normalized spacial score (nSPS) is 13.5. The molecule has 4 rings (SSSR count). The SMILES string of the molecule is N#Cc1cccc(NC(=O)N(CCN2CCOCC2)CC(=O)N(Cc2ccccc2)Cc2cccs2)c1. The number of thiophene rings is 1. The lowest BCUT2D eigenvalue weighted by Gasteiger charge is -2.31. The molecule has 1 aliphatic heterocycles. The molecule has 3 amide bonds. The maximum atomic E-state index is 13.6. The number of ether oxygens (including phenoxy) is 1. The van der Waals surface area contributed by atoms with Crippen LogP contribution in [-0.2, 0) is 22.6 Å². The molecule has 9 heteroatoms. The van der Waals surface area contributed by atoms with Gasteiger partial charge in [-0.2, -0.15) is 5.26 Å². The predicted octanol–water partition coefficient (Wildman–Crippen LogP) is 4.01. The van der Waals surface area contributed by atoms with Gasteiger partial charge in [-0.25, -0.2) is 4.79 Å². The lowest BCUT2D eigenvalue weighted by Crippen LogP contribution is -2.48. The molecular weight excluding hydrogens is 486 g/mol. The molecular formula is C28H31N5O3S. The standard InChI is InChI=1S/C28H31N5O3S/c29-19-24-8-4-9-25(18-24)30-28(35)32(12-11-31-13-15-36-16-14-31)22-27(34)33(21-26-10-5-17-37-26)20-23-6-2-1-3-7-23/h1-10,17-18H,11-16,20-22H2,(H,30,35). The number of hydrogen-bond donors (Lipinski definition) is 1. The molecule has 0 atom stereocenters. The molecule has 1 aromatic heterocycles. The lowest BCUT2D eigenvalue weighted by atomic mass is 10.2. The Morgan fingerprint density at radius 1 is 1.00 bits per heavy atom. The highest BCUT2D eigenvalue weighted by atomic mass is 32.1. The Hall–Kier alpha value is -3.71. The van der Waals surface area contributed by atoms with E-state index in [0.717, 1.165) is 23.5 Å². The molecule has 2 aromatic carbocycles. The third-order valence-electron chi connectivity index (χ3n) is 6.14. The smallest absolute Gasteiger partial charge is 0.322 e. The van der Waals surface area contributed by atoms with Gasteiger partial charge in [-0.3, -0.25) is 9.69 Å². The zero-order valence-corrected chi connectivity index (χ0v) is 21.5. The van der Waals surface area contributed by atoms with Crippen molar-refractivity contribution in [3.05, 3.63) is 88.1 Å². The molecule has 1 aliphatic rings. The number of urea groups is 1. The fourth-order valence-corrected chi connectivity index (χ4v) is 4.82. The van der Waals surface area contributed by atoms with Crippen LogP contribution >= 0.6 is 11.3 Å². The molecule has 8 nitrogen and oxygen atoms in total. The first kappa shape index (κ1) is 26.4. The zero-order valence-electron chi connectivity index (χ0n) is 20.7. The number of benzene rings is 2. The van der Waals surface area contributed by atoms with Gasteiger partial charge < -0.3 is 19.9 Å². The Kier molecular flexibility index (Phi) is 9.66. The predicted molar refractivity (Wildman–Crippen MR) is 144 cm³/mol. The number of hydrogen-bond acceptors (Lipinski definition) is 6. The summed E-state index contributed by atoms with van der Waals surface area (Å²) in [7, 11) is 0. The number of morpholine rings is 1. The van der Waals surface area contributed by atoms with Crippen LogP contribution in [0.15, 0.2) is 72.1 Å². The second-order valence-corrected chi connectivity index (χ2v) is 9.85.